The molecule has 0 bridgehead atoms. The average molecular weight is 265 g/mol. The van der Waals surface area contributed by atoms with E-state index in [9.17, 15) is 4.79 Å². The minimum Gasteiger partial charge on any atom is -0.369 e. The third-order valence-electron chi connectivity index (χ3n) is 2.88. The molecule has 1 N–H and O–H groups in total. The number of hydrogen-bond donors (Lipinski definition) is 1. The molecule has 1 aliphatic heterocycles. The molecule has 0 aliphatic carbocycles. The zero-order valence-corrected chi connectivity index (χ0v) is 11.5. The molecular weight excluding hydrogens is 246 g/mol. The summed E-state index contributed by atoms with van der Waals surface area (Å²) in [6.45, 7) is 4.61. The van der Waals surface area contributed by atoms with E-state index in [1.54, 1.807) is 6.20 Å². The second kappa shape index (κ2) is 6.64. The fourth-order valence-electron chi connectivity index (χ4n) is 1.90. The van der Waals surface area contributed by atoms with Gasteiger partial charge in [0.05, 0.1) is 5.56 Å². The minimum absolute atomic E-state index is 0.0991. The molecule has 4 nitrogen and oxygen atoms in total. The average Bonchev–Trinajstić information content (AvgIpc) is 2.45. The molecule has 0 spiro atoms. The summed E-state index contributed by atoms with van der Waals surface area (Å²) in [6, 6.07) is 3.68. The summed E-state index contributed by atoms with van der Waals surface area (Å²) in [7, 11) is 0. The topological polar surface area (TPSA) is 45.2 Å². The predicted molar refractivity (Wildman–Crippen MR) is 76.2 cm³/mol. The van der Waals surface area contributed by atoms with E-state index in [-0.39, 0.29) is 5.91 Å². The summed E-state index contributed by atoms with van der Waals surface area (Å²) < 4.78 is 0. The summed E-state index contributed by atoms with van der Waals surface area (Å²) in [6.07, 6.45) is 2.74. The number of amides is 1. The van der Waals surface area contributed by atoms with Gasteiger partial charge in [0.1, 0.15) is 5.82 Å². The van der Waals surface area contributed by atoms with E-state index in [4.69, 9.17) is 0 Å². The lowest BCUT2D eigenvalue weighted by molar-refractivity contribution is 0.0773. The van der Waals surface area contributed by atoms with Crippen LogP contribution in [0.25, 0.3) is 0 Å². The number of nitrogens with zero attached hydrogens (tertiary/aromatic N) is 2. The van der Waals surface area contributed by atoms with Crippen molar-refractivity contribution in [3.8, 4) is 0 Å². The lowest BCUT2D eigenvalue weighted by Crippen LogP contribution is -2.38. The number of pyridine rings is 1. The van der Waals surface area contributed by atoms with Gasteiger partial charge in [-0.05, 0) is 18.6 Å². The van der Waals surface area contributed by atoms with Crippen LogP contribution in [-0.4, -0.2) is 46.9 Å². The maximum atomic E-state index is 12.4. The lowest BCUT2D eigenvalue weighted by Gasteiger charge is -2.27. The van der Waals surface area contributed by atoms with E-state index < -0.39 is 0 Å². The van der Waals surface area contributed by atoms with Crippen LogP contribution in [0.15, 0.2) is 18.3 Å². The van der Waals surface area contributed by atoms with Gasteiger partial charge in [0.15, 0.2) is 0 Å². The summed E-state index contributed by atoms with van der Waals surface area (Å²) in [5.41, 5.74) is 0.692. The molecule has 2 rings (SSSR count). The molecule has 0 unspecified atom stereocenters. The highest BCUT2D eigenvalue weighted by Crippen LogP contribution is 2.17. The molecular formula is C13H19N3OS. The van der Waals surface area contributed by atoms with Crippen molar-refractivity contribution in [1.82, 2.24) is 9.88 Å². The van der Waals surface area contributed by atoms with Gasteiger partial charge in [-0.2, -0.15) is 11.8 Å². The number of thioether (sulfide) groups is 1. The first-order valence-corrected chi connectivity index (χ1v) is 7.54. The standard InChI is InChI=1S/C13H19N3OS/c1-2-5-14-12-11(4-3-6-15-12)13(17)16-7-9-18-10-8-16/h3-4,6H,2,5,7-10H2,1H3,(H,14,15). The van der Waals surface area contributed by atoms with Crippen molar-refractivity contribution >= 4 is 23.5 Å². The molecule has 18 heavy (non-hydrogen) atoms. The van der Waals surface area contributed by atoms with E-state index in [2.05, 4.69) is 17.2 Å². The number of nitrogens with one attached hydrogen (secondary N) is 1. The summed E-state index contributed by atoms with van der Waals surface area (Å²) in [4.78, 5) is 18.6. The van der Waals surface area contributed by atoms with Gasteiger partial charge in [0.2, 0.25) is 0 Å². The van der Waals surface area contributed by atoms with Crippen molar-refractivity contribution in [2.45, 2.75) is 13.3 Å². The van der Waals surface area contributed by atoms with Gasteiger partial charge in [-0.1, -0.05) is 6.92 Å². The zero-order chi connectivity index (χ0) is 12.8. The van der Waals surface area contributed by atoms with Crippen LogP contribution in [0.1, 0.15) is 23.7 Å². The van der Waals surface area contributed by atoms with Gasteiger partial charge >= 0.3 is 0 Å². The van der Waals surface area contributed by atoms with Crippen LogP contribution in [0.3, 0.4) is 0 Å². The number of hydrogen-bond acceptors (Lipinski definition) is 4. The van der Waals surface area contributed by atoms with Crippen molar-refractivity contribution in [3.63, 3.8) is 0 Å². The molecule has 0 radical (unpaired) electrons. The van der Waals surface area contributed by atoms with Gasteiger partial charge in [-0.25, -0.2) is 4.98 Å². The van der Waals surface area contributed by atoms with Crippen LogP contribution in [-0.2, 0) is 0 Å². The van der Waals surface area contributed by atoms with Crippen LogP contribution < -0.4 is 5.32 Å². The maximum absolute atomic E-state index is 12.4. The summed E-state index contributed by atoms with van der Waals surface area (Å²) >= 11 is 1.90. The zero-order valence-electron chi connectivity index (χ0n) is 10.7. The van der Waals surface area contributed by atoms with E-state index in [0.29, 0.717) is 11.4 Å². The van der Waals surface area contributed by atoms with Crippen molar-refractivity contribution in [1.29, 1.82) is 0 Å². The Morgan fingerprint density at radius 1 is 1.50 bits per heavy atom. The Morgan fingerprint density at radius 2 is 2.28 bits per heavy atom. The monoisotopic (exact) mass is 265 g/mol. The molecule has 2 heterocycles. The van der Waals surface area contributed by atoms with Crippen LogP contribution in [0.5, 0.6) is 0 Å². The number of rotatable bonds is 4. The largest absolute Gasteiger partial charge is 0.369 e. The highest BCUT2D eigenvalue weighted by atomic mass is 32.2. The van der Waals surface area contributed by atoms with Gasteiger partial charge in [0, 0.05) is 37.3 Å². The van der Waals surface area contributed by atoms with Crippen LogP contribution in [0, 0.1) is 0 Å². The molecule has 1 aliphatic rings. The predicted octanol–water partition coefficient (Wildman–Crippen LogP) is 2.09. The highest BCUT2D eigenvalue weighted by molar-refractivity contribution is 7.99. The first kappa shape index (κ1) is 13.2. The minimum atomic E-state index is 0.0991. The van der Waals surface area contributed by atoms with Gasteiger partial charge in [-0.3, -0.25) is 4.79 Å². The normalized spacial score (nSPS) is 15.5. The van der Waals surface area contributed by atoms with Crippen LogP contribution in [0.4, 0.5) is 5.82 Å². The summed E-state index contributed by atoms with van der Waals surface area (Å²) in [5.74, 6) is 2.87. The van der Waals surface area contributed by atoms with E-state index in [0.717, 1.165) is 37.6 Å². The van der Waals surface area contributed by atoms with E-state index in [1.807, 2.05) is 28.8 Å². The van der Waals surface area contributed by atoms with Crippen molar-refractivity contribution < 1.29 is 4.79 Å². The van der Waals surface area contributed by atoms with Crippen molar-refractivity contribution in [2.75, 3.05) is 36.5 Å². The Hall–Kier alpha value is -1.23. The Bertz CT molecular complexity index is 405. The molecule has 0 aromatic carbocycles. The Morgan fingerprint density at radius 3 is 3.00 bits per heavy atom. The van der Waals surface area contributed by atoms with Gasteiger partial charge in [-0.15, -0.1) is 0 Å². The SMILES string of the molecule is CCCNc1ncccc1C(=O)N1CCSCC1. The Balaban J connectivity index is 2.12. The van der Waals surface area contributed by atoms with Crippen molar-refractivity contribution in [3.05, 3.63) is 23.9 Å². The molecule has 0 atom stereocenters. The fourth-order valence-corrected chi connectivity index (χ4v) is 2.80. The molecule has 98 valence electrons. The number of carbonyl (C=O) groups is 1. The fraction of sp³-hybridized carbons (Fsp3) is 0.538. The number of carbonyl (C=O) groups excluding carboxylic acids is 1. The summed E-state index contributed by atoms with van der Waals surface area (Å²) in [5, 5.41) is 3.22. The molecule has 1 fully saturated rings. The van der Waals surface area contributed by atoms with E-state index in [1.165, 1.54) is 0 Å². The number of aromatic nitrogens is 1. The second-order valence-electron chi connectivity index (χ2n) is 4.23. The second-order valence-corrected chi connectivity index (χ2v) is 5.46. The van der Waals surface area contributed by atoms with Gasteiger partial charge in [0.25, 0.3) is 5.91 Å². The Kier molecular flexibility index (Phi) is 4.87. The quantitative estimate of drug-likeness (QED) is 0.905. The molecule has 0 saturated carbocycles. The number of anilines is 1. The molecule has 1 aromatic rings. The molecule has 1 saturated heterocycles. The van der Waals surface area contributed by atoms with Gasteiger partial charge < -0.3 is 10.2 Å². The highest BCUT2D eigenvalue weighted by Gasteiger charge is 2.21. The molecule has 5 heteroatoms. The Labute approximate surface area is 112 Å². The maximum Gasteiger partial charge on any atom is 0.257 e. The molecule has 1 aromatic heterocycles. The third kappa shape index (κ3) is 3.16. The van der Waals surface area contributed by atoms with E-state index >= 15 is 0 Å². The lowest BCUT2D eigenvalue weighted by atomic mass is 10.2. The third-order valence-corrected chi connectivity index (χ3v) is 3.82. The smallest absolute Gasteiger partial charge is 0.257 e. The van der Waals surface area contributed by atoms with Crippen LogP contribution >= 0.6 is 11.8 Å². The first-order valence-electron chi connectivity index (χ1n) is 6.39. The first-order chi connectivity index (χ1) is 8.83. The van der Waals surface area contributed by atoms with Crippen LogP contribution in [0.2, 0.25) is 0 Å². The van der Waals surface area contributed by atoms with Crippen molar-refractivity contribution in [2.24, 2.45) is 0 Å². The molecule has 1 amide bonds.